The quantitative estimate of drug-likeness (QED) is 0.751. The van der Waals surface area contributed by atoms with Crippen LogP contribution in [0.4, 0.5) is 19.0 Å². The van der Waals surface area contributed by atoms with Gasteiger partial charge < -0.3 is 14.7 Å². The molecule has 0 spiro atoms. The van der Waals surface area contributed by atoms with Gasteiger partial charge in [0, 0.05) is 26.2 Å². The maximum Gasteiger partial charge on any atom is 0.419 e. The van der Waals surface area contributed by atoms with E-state index in [2.05, 4.69) is 4.98 Å². The molecular weight excluding hydrogens is 415 g/mol. The molecule has 7 nitrogen and oxygen atoms in total. The van der Waals surface area contributed by atoms with Gasteiger partial charge in [0.15, 0.2) is 6.61 Å². The lowest BCUT2D eigenvalue weighted by Crippen LogP contribution is -2.43. The summed E-state index contributed by atoms with van der Waals surface area (Å²) in [6.07, 6.45) is -3.14. The number of nitrogens with zero attached hydrogens (tertiary/aromatic N) is 3. The lowest BCUT2D eigenvalue weighted by molar-refractivity contribution is -0.137. The van der Waals surface area contributed by atoms with Crippen LogP contribution in [-0.4, -0.2) is 52.5 Å². The first-order chi connectivity index (χ1) is 14.7. The van der Waals surface area contributed by atoms with Crippen LogP contribution in [0, 0.1) is 0 Å². The fraction of sp³-hybridized carbons (Fsp3) is 0.381. The molecule has 0 aliphatic carbocycles. The van der Waals surface area contributed by atoms with Crippen molar-refractivity contribution in [2.45, 2.75) is 32.2 Å². The summed E-state index contributed by atoms with van der Waals surface area (Å²) >= 11 is 0. The van der Waals surface area contributed by atoms with Crippen LogP contribution in [0.5, 0.6) is 5.75 Å². The van der Waals surface area contributed by atoms with Gasteiger partial charge in [0.1, 0.15) is 11.6 Å². The van der Waals surface area contributed by atoms with Gasteiger partial charge in [-0.15, -0.1) is 0 Å². The van der Waals surface area contributed by atoms with Crippen molar-refractivity contribution >= 4 is 17.6 Å². The van der Waals surface area contributed by atoms with Gasteiger partial charge in [-0.1, -0.05) is 12.1 Å². The Labute approximate surface area is 177 Å². The highest BCUT2D eigenvalue weighted by Gasteiger charge is 2.40. The second kappa shape index (κ2) is 9.34. The summed E-state index contributed by atoms with van der Waals surface area (Å²) in [5.74, 6) is -0.921. The molecule has 0 unspecified atom stereocenters. The molecule has 1 atom stereocenters. The van der Waals surface area contributed by atoms with Crippen molar-refractivity contribution in [3.63, 3.8) is 0 Å². The van der Waals surface area contributed by atoms with Crippen molar-refractivity contribution in [2.75, 3.05) is 24.6 Å². The number of aliphatic hydroxyl groups excluding tert-OH is 1. The summed E-state index contributed by atoms with van der Waals surface area (Å²) in [6, 6.07) is 8.02. The average molecular weight is 437 g/mol. The van der Waals surface area contributed by atoms with Gasteiger partial charge in [0.2, 0.25) is 5.91 Å². The van der Waals surface area contributed by atoms with Crippen LogP contribution < -0.4 is 9.64 Å². The van der Waals surface area contributed by atoms with E-state index in [0.717, 1.165) is 11.0 Å². The summed E-state index contributed by atoms with van der Waals surface area (Å²) in [6.45, 7) is 1.20. The minimum atomic E-state index is -4.66. The SMILES string of the molecule is CC(=O)N(c1ncccc1C(F)(F)F)[C@@H]1CCN(C(=O)COc2ccc(CO)cc2)C1. The van der Waals surface area contributed by atoms with Crippen LogP contribution in [0.1, 0.15) is 24.5 Å². The highest BCUT2D eigenvalue weighted by molar-refractivity contribution is 5.92. The molecular formula is C21H22F3N3O4. The van der Waals surface area contributed by atoms with Crippen molar-refractivity contribution in [2.24, 2.45) is 0 Å². The van der Waals surface area contributed by atoms with Crippen molar-refractivity contribution < 1.29 is 32.6 Å². The van der Waals surface area contributed by atoms with Gasteiger partial charge in [0.25, 0.3) is 5.91 Å². The number of carbonyl (C=O) groups is 2. The van der Waals surface area contributed by atoms with Crippen molar-refractivity contribution in [3.8, 4) is 5.75 Å². The first-order valence-electron chi connectivity index (χ1n) is 9.63. The van der Waals surface area contributed by atoms with E-state index in [-0.39, 0.29) is 32.2 Å². The minimum absolute atomic E-state index is 0.0824. The van der Waals surface area contributed by atoms with E-state index in [0.29, 0.717) is 17.7 Å². The Bertz CT molecular complexity index is 934. The number of pyridine rings is 1. The zero-order chi connectivity index (χ0) is 22.6. The molecule has 0 saturated carbocycles. The number of aliphatic hydroxyl groups is 1. The molecule has 1 saturated heterocycles. The topological polar surface area (TPSA) is 83.0 Å². The molecule has 2 heterocycles. The van der Waals surface area contributed by atoms with Gasteiger partial charge in [0.05, 0.1) is 18.2 Å². The van der Waals surface area contributed by atoms with E-state index in [4.69, 9.17) is 9.84 Å². The average Bonchev–Trinajstić information content (AvgIpc) is 3.21. The number of ether oxygens (including phenoxy) is 1. The van der Waals surface area contributed by atoms with E-state index >= 15 is 0 Å². The minimum Gasteiger partial charge on any atom is -0.484 e. The van der Waals surface area contributed by atoms with Crippen LogP contribution in [0.2, 0.25) is 0 Å². The lowest BCUT2D eigenvalue weighted by atomic mass is 10.1. The number of hydrogen-bond acceptors (Lipinski definition) is 5. The first-order valence-corrected chi connectivity index (χ1v) is 9.63. The maximum atomic E-state index is 13.4. The van der Waals surface area contributed by atoms with Crippen LogP contribution in [0.3, 0.4) is 0 Å². The molecule has 166 valence electrons. The molecule has 1 aromatic heterocycles. The van der Waals surface area contributed by atoms with Gasteiger partial charge in [-0.25, -0.2) is 4.98 Å². The largest absolute Gasteiger partial charge is 0.484 e. The van der Waals surface area contributed by atoms with Crippen LogP contribution in [0.15, 0.2) is 42.6 Å². The van der Waals surface area contributed by atoms with E-state index in [1.54, 1.807) is 24.3 Å². The molecule has 3 rings (SSSR count). The molecule has 1 aromatic carbocycles. The number of likely N-dealkylation sites (tertiary alicyclic amines) is 1. The Balaban J connectivity index is 1.68. The van der Waals surface area contributed by atoms with E-state index in [1.165, 1.54) is 24.1 Å². The smallest absolute Gasteiger partial charge is 0.419 e. The second-order valence-electron chi connectivity index (χ2n) is 7.13. The number of aromatic nitrogens is 1. The molecule has 1 aliphatic heterocycles. The van der Waals surface area contributed by atoms with Gasteiger partial charge in [-0.3, -0.25) is 14.5 Å². The van der Waals surface area contributed by atoms with Crippen LogP contribution in [0.25, 0.3) is 0 Å². The van der Waals surface area contributed by atoms with E-state index in [9.17, 15) is 22.8 Å². The normalized spacial score (nSPS) is 16.3. The van der Waals surface area contributed by atoms with Crippen LogP contribution in [-0.2, 0) is 22.4 Å². The second-order valence-corrected chi connectivity index (χ2v) is 7.13. The molecule has 1 N–H and O–H groups in total. The zero-order valence-electron chi connectivity index (χ0n) is 16.8. The summed E-state index contributed by atoms with van der Waals surface area (Å²) in [5, 5.41) is 9.05. The van der Waals surface area contributed by atoms with Crippen molar-refractivity contribution in [1.82, 2.24) is 9.88 Å². The van der Waals surface area contributed by atoms with E-state index < -0.39 is 29.5 Å². The Hall–Kier alpha value is -3.14. The third-order valence-electron chi connectivity index (χ3n) is 5.01. The number of anilines is 1. The van der Waals surface area contributed by atoms with Gasteiger partial charge in [-0.2, -0.15) is 13.2 Å². The molecule has 1 fully saturated rings. The fourth-order valence-corrected chi connectivity index (χ4v) is 3.50. The first kappa shape index (κ1) is 22.5. The van der Waals surface area contributed by atoms with Gasteiger partial charge in [-0.05, 0) is 36.2 Å². The predicted molar refractivity (Wildman–Crippen MR) is 105 cm³/mol. The number of amides is 2. The van der Waals surface area contributed by atoms with Crippen molar-refractivity contribution in [3.05, 3.63) is 53.7 Å². The number of carbonyl (C=O) groups excluding carboxylic acids is 2. The molecule has 0 radical (unpaired) electrons. The van der Waals surface area contributed by atoms with E-state index in [1.807, 2.05) is 0 Å². The molecule has 1 aliphatic rings. The standard InChI is InChI=1S/C21H22F3N3O4/c1-14(29)27(20-18(21(22,23)24)3-2-9-25-20)16-8-10-26(11-16)19(30)13-31-17-6-4-15(12-28)5-7-17/h2-7,9,16,28H,8,10-13H2,1H3/t16-/m1/s1. The zero-order valence-corrected chi connectivity index (χ0v) is 16.8. The Morgan fingerprint density at radius 1 is 1.26 bits per heavy atom. The summed E-state index contributed by atoms with van der Waals surface area (Å²) in [5.41, 5.74) is -0.289. The molecule has 31 heavy (non-hydrogen) atoms. The monoisotopic (exact) mass is 437 g/mol. The highest BCUT2D eigenvalue weighted by Crippen LogP contribution is 2.36. The number of alkyl halides is 3. The number of benzene rings is 1. The maximum absolute atomic E-state index is 13.4. The predicted octanol–water partition coefficient (Wildman–Crippen LogP) is 2.63. The Morgan fingerprint density at radius 3 is 2.58 bits per heavy atom. The summed E-state index contributed by atoms with van der Waals surface area (Å²) in [7, 11) is 0. The summed E-state index contributed by atoms with van der Waals surface area (Å²) < 4.78 is 45.7. The molecule has 0 bridgehead atoms. The fourth-order valence-electron chi connectivity index (χ4n) is 3.50. The Kier molecular flexibility index (Phi) is 6.79. The molecule has 2 aromatic rings. The van der Waals surface area contributed by atoms with Crippen LogP contribution >= 0.6 is 0 Å². The molecule has 2 amide bonds. The lowest BCUT2D eigenvalue weighted by Gasteiger charge is -2.29. The number of rotatable bonds is 6. The third-order valence-corrected chi connectivity index (χ3v) is 5.01. The number of hydrogen-bond donors (Lipinski definition) is 1. The highest BCUT2D eigenvalue weighted by atomic mass is 19.4. The van der Waals surface area contributed by atoms with Crippen molar-refractivity contribution in [1.29, 1.82) is 0 Å². The van der Waals surface area contributed by atoms with Gasteiger partial charge >= 0.3 is 6.18 Å². The molecule has 10 heteroatoms. The third kappa shape index (κ3) is 5.32. The number of halogens is 3. The Morgan fingerprint density at radius 2 is 1.97 bits per heavy atom. The summed E-state index contributed by atoms with van der Waals surface area (Å²) in [4.78, 5) is 31.0.